The molecule has 0 radical (unpaired) electrons. The molecule has 0 amide bonds. The van der Waals surface area contributed by atoms with Crippen LogP contribution < -0.4 is 0 Å². The molecule has 2 nitrogen and oxygen atoms in total. The zero-order valence-corrected chi connectivity index (χ0v) is 15.2. The van der Waals surface area contributed by atoms with Crippen molar-refractivity contribution in [2.24, 2.45) is 0 Å². The van der Waals surface area contributed by atoms with Gasteiger partial charge in [-0.25, -0.2) is 4.58 Å². The smallest absolute Gasteiger partial charge is 0.239 e. The lowest BCUT2D eigenvalue weighted by atomic mass is 10.1. The minimum absolute atomic E-state index is 1.10. The highest BCUT2D eigenvalue weighted by Crippen LogP contribution is 2.07. The SMILES string of the molecule is CCCCCCCCN1C=[N+](CCCCCCCC)C=CC1. The predicted octanol–water partition coefficient (Wildman–Crippen LogP) is 5.58. The van der Waals surface area contributed by atoms with Crippen LogP contribution in [0.4, 0.5) is 0 Å². The topological polar surface area (TPSA) is 6.25 Å². The summed E-state index contributed by atoms with van der Waals surface area (Å²) in [7, 11) is 0. The summed E-state index contributed by atoms with van der Waals surface area (Å²) in [6, 6.07) is 0. The largest absolute Gasteiger partial charge is 0.264 e. The molecular weight excluding hydrogens is 268 g/mol. The van der Waals surface area contributed by atoms with Crippen LogP contribution in [0.3, 0.4) is 0 Å². The third-order valence-electron chi connectivity index (χ3n) is 4.52. The first-order valence-corrected chi connectivity index (χ1v) is 9.88. The molecule has 0 saturated carbocycles. The Labute approximate surface area is 139 Å². The molecule has 0 atom stereocenters. The summed E-state index contributed by atoms with van der Waals surface area (Å²) in [5, 5.41) is 0. The van der Waals surface area contributed by atoms with Crippen molar-refractivity contribution in [3.8, 4) is 0 Å². The molecule has 0 bridgehead atoms. The minimum Gasteiger partial charge on any atom is -0.264 e. The molecule has 0 spiro atoms. The van der Waals surface area contributed by atoms with E-state index in [1.165, 1.54) is 90.1 Å². The van der Waals surface area contributed by atoms with E-state index in [-0.39, 0.29) is 0 Å². The van der Waals surface area contributed by atoms with Crippen molar-refractivity contribution in [3.63, 3.8) is 0 Å². The molecule has 0 saturated heterocycles. The van der Waals surface area contributed by atoms with Crippen molar-refractivity contribution in [3.05, 3.63) is 12.3 Å². The molecule has 1 heterocycles. The van der Waals surface area contributed by atoms with Gasteiger partial charge in [0.1, 0.15) is 6.54 Å². The van der Waals surface area contributed by atoms with Gasteiger partial charge in [-0.1, -0.05) is 65.2 Å². The highest BCUT2D eigenvalue weighted by atomic mass is 15.2. The van der Waals surface area contributed by atoms with Gasteiger partial charge in [0.15, 0.2) is 0 Å². The molecule has 0 fully saturated rings. The lowest BCUT2D eigenvalue weighted by Gasteiger charge is -2.16. The average Bonchev–Trinajstić information content (AvgIpc) is 2.54. The van der Waals surface area contributed by atoms with Crippen LogP contribution in [-0.2, 0) is 0 Å². The van der Waals surface area contributed by atoms with E-state index in [9.17, 15) is 0 Å². The monoisotopic (exact) mass is 307 g/mol. The molecule has 128 valence electrons. The first-order chi connectivity index (χ1) is 10.9. The Balaban J connectivity index is 2.06. The van der Waals surface area contributed by atoms with Crippen LogP contribution in [0, 0.1) is 0 Å². The number of nitrogens with zero attached hydrogens (tertiary/aromatic N) is 2. The molecule has 1 aliphatic heterocycles. The van der Waals surface area contributed by atoms with Crippen LogP contribution in [0.25, 0.3) is 0 Å². The molecule has 0 aromatic carbocycles. The highest BCUT2D eigenvalue weighted by molar-refractivity contribution is 5.50. The van der Waals surface area contributed by atoms with Crippen LogP contribution in [0.15, 0.2) is 12.3 Å². The third kappa shape index (κ3) is 10.0. The number of hydrogen-bond donors (Lipinski definition) is 0. The normalized spacial score (nSPS) is 14.5. The fraction of sp³-hybridized carbons (Fsp3) is 0.850. The van der Waals surface area contributed by atoms with E-state index in [1.807, 2.05) is 0 Å². The standard InChI is InChI=1S/C20H39N2/c1-3-5-7-9-11-13-16-21-18-15-19-22(20-21)17-14-12-10-8-6-4-2/h15,18,20H,3-14,16-17,19H2,1-2H3/q+1. The van der Waals surface area contributed by atoms with Gasteiger partial charge in [0.05, 0.1) is 19.3 Å². The summed E-state index contributed by atoms with van der Waals surface area (Å²) in [4.78, 5) is 2.48. The van der Waals surface area contributed by atoms with Crippen LogP contribution in [-0.4, -0.2) is 35.4 Å². The Morgan fingerprint density at radius 1 is 0.773 bits per heavy atom. The van der Waals surface area contributed by atoms with Gasteiger partial charge in [0.2, 0.25) is 6.34 Å². The van der Waals surface area contributed by atoms with Crippen LogP contribution in [0.1, 0.15) is 90.9 Å². The maximum atomic E-state index is 2.48. The van der Waals surface area contributed by atoms with E-state index in [2.05, 4.69) is 41.9 Å². The lowest BCUT2D eigenvalue weighted by molar-refractivity contribution is -0.460. The van der Waals surface area contributed by atoms with Crippen molar-refractivity contribution in [1.29, 1.82) is 0 Å². The fourth-order valence-electron chi connectivity index (χ4n) is 3.06. The lowest BCUT2D eigenvalue weighted by Crippen LogP contribution is -2.31. The Morgan fingerprint density at radius 3 is 2.05 bits per heavy atom. The third-order valence-corrected chi connectivity index (χ3v) is 4.52. The summed E-state index contributed by atoms with van der Waals surface area (Å²) in [6.07, 6.45) is 23.5. The molecule has 0 N–H and O–H groups in total. The number of hydrogen-bond acceptors (Lipinski definition) is 1. The van der Waals surface area contributed by atoms with Gasteiger partial charge in [-0.2, -0.15) is 0 Å². The van der Waals surface area contributed by atoms with E-state index >= 15 is 0 Å². The fourth-order valence-corrected chi connectivity index (χ4v) is 3.06. The second-order valence-electron chi connectivity index (χ2n) is 6.77. The highest BCUT2D eigenvalue weighted by Gasteiger charge is 2.11. The second-order valence-corrected chi connectivity index (χ2v) is 6.77. The van der Waals surface area contributed by atoms with Gasteiger partial charge in [-0.05, 0) is 31.8 Å². The maximum Gasteiger partial charge on any atom is 0.239 e. The average molecular weight is 308 g/mol. The van der Waals surface area contributed by atoms with Gasteiger partial charge < -0.3 is 0 Å². The van der Waals surface area contributed by atoms with E-state index in [0.717, 1.165) is 6.54 Å². The van der Waals surface area contributed by atoms with Gasteiger partial charge >= 0.3 is 0 Å². The Morgan fingerprint density at radius 2 is 1.36 bits per heavy atom. The molecule has 1 aliphatic rings. The number of unbranched alkanes of at least 4 members (excludes halogenated alkanes) is 10. The quantitative estimate of drug-likeness (QED) is 0.300. The van der Waals surface area contributed by atoms with E-state index in [1.54, 1.807) is 0 Å². The van der Waals surface area contributed by atoms with Gasteiger partial charge in [-0.3, -0.25) is 4.90 Å². The molecule has 22 heavy (non-hydrogen) atoms. The van der Waals surface area contributed by atoms with Crippen molar-refractivity contribution in [1.82, 2.24) is 4.90 Å². The second kappa shape index (κ2) is 13.8. The van der Waals surface area contributed by atoms with Crippen molar-refractivity contribution in [2.45, 2.75) is 90.9 Å². The number of rotatable bonds is 14. The Hall–Kier alpha value is -0.790. The molecule has 1 rings (SSSR count). The minimum atomic E-state index is 1.10. The molecular formula is C20H39N2+. The Kier molecular flexibility index (Phi) is 12.1. The molecule has 0 aliphatic carbocycles. The van der Waals surface area contributed by atoms with Crippen molar-refractivity contribution >= 4 is 6.34 Å². The van der Waals surface area contributed by atoms with Gasteiger partial charge in [0.25, 0.3) is 0 Å². The first kappa shape index (κ1) is 19.3. The van der Waals surface area contributed by atoms with Crippen LogP contribution >= 0.6 is 0 Å². The molecule has 0 aromatic rings. The van der Waals surface area contributed by atoms with E-state index in [4.69, 9.17) is 0 Å². The van der Waals surface area contributed by atoms with E-state index < -0.39 is 0 Å². The van der Waals surface area contributed by atoms with Crippen LogP contribution in [0.2, 0.25) is 0 Å². The molecule has 2 heteroatoms. The summed E-state index contributed by atoms with van der Waals surface area (Å²) < 4.78 is 2.39. The zero-order chi connectivity index (χ0) is 15.9. The summed E-state index contributed by atoms with van der Waals surface area (Å²) in [5.41, 5.74) is 0. The first-order valence-electron chi connectivity index (χ1n) is 9.88. The summed E-state index contributed by atoms with van der Waals surface area (Å²) in [6.45, 7) is 8.08. The van der Waals surface area contributed by atoms with E-state index in [0.29, 0.717) is 0 Å². The zero-order valence-electron chi connectivity index (χ0n) is 15.2. The predicted molar refractivity (Wildman–Crippen MR) is 98.7 cm³/mol. The van der Waals surface area contributed by atoms with Gasteiger partial charge in [0, 0.05) is 0 Å². The van der Waals surface area contributed by atoms with Crippen molar-refractivity contribution < 1.29 is 4.58 Å². The summed E-state index contributed by atoms with van der Waals surface area (Å²) >= 11 is 0. The Bertz CT molecular complexity index is 307. The van der Waals surface area contributed by atoms with Gasteiger partial charge in [-0.15, -0.1) is 0 Å². The maximum absolute atomic E-state index is 2.48. The molecule has 0 aromatic heterocycles. The molecule has 0 unspecified atom stereocenters. The summed E-state index contributed by atoms with van der Waals surface area (Å²) in [5.74, 6) is 0. The van der Waals surface area contributed by atoms with Crippen LogP contribution in [0.5, 0.6) is 0 Å². The van der Waals surface area contributed by atoms with Crippen molar-refractivity contribution in [2.75, 3.05) is 19.6 Å².